The second kappa shape index (κ2) is 7.69. The molecule has 1 aromatic rings. The zero-order valence-corrected chi connectivity index (χ0v) is 15.1. The van der Waals surface area contributed by atoms with Gasteiger partial charge in [0.1, 0.15) is 6.61 Å². The summed E-state index contributed by atoms with van der Waals surface area (Å²) in [5, 5.41) is 0. The molecule has 5 nitrogen and oxygen atoms in total. The van der Waals surface area contributed by atoms with Gasteiger partial charge in [-0.3, -0.25) is 4.79 Å². The predicted molar refractivity (Wildman–Crippen MR) is 93.4 cm³/mol. The summed E-state index contributed by atoms with van der Waals surface area (Å²) in [6.45, 7) is 7.51. The van der Waals surface area contributed by atoms with Crippen LogP contribution in [0.25, 0.3) is 0 Å². The van der Waals surface area contributed by atoms with Gasteiger partial charge in [-0.1, -0.05) is 30.3 Å². The molecule has 2 amide bonds. The summed E-state index contributed by atoms with van der Waals surface area (Å²) in [5.74, 6) is 0.159. The minimum Gasteiger partial charge on any atom is -0.445 e. The molecule has 0 spiro atoms. The SMILES string of the molecule is CN(C(=O)C1CCN(C(=O)OCc2ccccc2)CC1)C(C)(C)C. The lowest BCUT2D eigenvalue weighted by Crippen LogP contribution is -2.48. The first-order chi connectivity index (χ1) is 11.3. The third-order valence-electron chi connectivity index (χ3n) is 4.64. The quantitative estimate of drug-likeness (QED) is 0.853. The monoisotopic (exact) mass is 332 g/mol. The van der Waals surface area contributed by atoms with Crippen molar-refractivity contribution in [1.29, 1.82) is 0 Å². The van der Waals surface area contributed by atoms with Crippen LogP contribution in [0.5, 0.6) is 0 Å². The number of ether oxygens (including phenoxy) is 1. The van der Waals surface area contributed by atoms with Gasteiger partial charge in [0.25, 0.3) is 0 Å². The van der Waals surface area contributed by atoms with Crippen molar-refractivity contribution in [3.8, 4) is 0 Å². The fraction of sp³-hybridized carbons (Fsp3) is 0.579. The molecule has 0 saturated carbocycles. The molecule has 1 aliphatic heterocycles. The molecule has 24 heavy (non-hydrogen) atoms. The average molecular weight is 332 g/mol. The van der Waals surface area contributed by atoms with E-state index in [1.165, 1.54) is 0 Å². The third kappa shape index (κ3) is 4.73. The maximum absolute atomic E-state index is 12.5. The fourth-order valence-corrected chi connectivity index (χ4v) is 2.72. The Bertz CT molecular complexity index is 558. The number of rotatable bonds is 3. The van der Waals surface area contributed by atoms with E-state index in [1.54, 1.807) is 9.80 Å². The number of piperidine rings is 1. The topological polar surface area (TPSA) is 49.9 Å². The van der Waals surface area contributed by atoms with Crippen LogP contribution in [-0.2, 0) is 16.1 Å². The highest BCUT2D eigenvalue weighted by Crippen LogP contribution is 2.23. The van der Waals surface area contributed by atoms with E-state index in [-0.39, 0.29) is 30.1 Å². The standard InChI is InChI=1S/C19H28N2O3/c1-19(2,3)20(4)17(22)16-10-12-21(13-11-16)18(23)24-14-15-8-6-5-7-9-15/h5-9,16H,10-14H2,1-4H3. The van der Waals surface area contributed by atoms with E-state index < -0.39 is 0 Å². The smallest absolute Gasteiger partial charge is 0.410 e. The molecule has 1 aromatic carbocycles. The average Bonchev–Trinajstić information content (AvgIpc) is 2.58. The minimum absolute atomic E-state index is 0.00704. The van der Waals surface area contributed by atoms with Crippen molar-refractivity contribution in [2.24, 2.45) is 5.92 Å². The van der Waals surface area contributed by atoms with E-state index in [1.807, 2.05) is 58.2 Å². The highest BCUT2D eigenvalue weighted by molar-refractivity contribution is 5.79. The Morgan fingerprint density at radius 1 is 1.17 bits per heavy atom. The summed E-state index contributed by atoms with van der Waals surface area (Å²) >= 11 is 0. The Morgan fingerprint density at radius 2 is 1.75 bits per heavy atom. The Labute approximate surface area is 144 Å². The fourth-order valence-electron chi connectivity index (χ4n) is 2.72. The lowest BCUT2D eigenvalue weighted by atomic mass is 9.93. The molecule has 0 unspecified atom stereocenters. The number of carbonyl (C=O) groups excluding carboxylic acids is 2. The van der Waals surface area contributed by atoms with E-state index in [2.05, 4.69) is 0 Å². The zero-order chi connectivity index (χ0) is 17.7. The Morgan fingerprint density at radius 3 is 2.29 bits per heavy atom. The summed E-state index contributed by atoms with van der Waals surface area (Å²) < 4.78 is 5.36. The van der Waals surface area contributed by atoms with Gasteiger partial charge < -0.3 is 14.5 Å². The number of carbonyl (C=O) groups is 2. The van der Waals surface area contributed by atoms with Gasteiger partial charge in [0, 0.05) is 31.6 Å². The van der Waals surface area contributed by atoms with Crippen LogP contribution in [0.3, 0.4) is 0 Å². The van der Waals surface area contributed by atoms with Gasteiger partial charge in [0.2, 0.25) is 5.91 Å². The molecule has 1 heterocycles. The summed E-state index contributed by atoms with van der Waals surface area (Å²) in [6.07, 6.45) is 1.09. The van der Waals surface area contributed by atoms with Gasteiger partial charge in [-0.25, -0.2) is 4.79 Å². The minimum atomic E-state index is -0.297. The van der Waals surface area contributed by atoms with Gasteiger partial charge in [-0.05, 0) is 39.2 Å². The number of hydrogen-bond acceptors (Lipinski definition) is 3. The highest BCUT2D eigenvalue weighted by atomic mass is 16.6. The first-order valence-electron chi connectivity index (χ1n) is 8.52. The Balaban J connectivity index is 1.80. The van der Waals surface area contributed by atoms with Crippen molar-refractivity contribution in [2.75, 3.05) is 20.1 Å². The van der Waals surface area contributed by atoms with Crippen LogP contribution in [0.15, 0.2) is 30.3 Å². The molecule has 2 rings (SSSR count). The summed E-state index contributed by atoms with van der Waals surface area (Å²) in [4.78, 5) is 28.2. The van der Waals surface area contributed by atoms with Crippen LogP contribution < -0.4 is 0 Å². The first-order valence-corrected chi connectivity index (χ1v) is 8.52. The van der Waals surface area contributed by atoms with Crippen molar-refractivity contribution in [3.63, 3.8) is 0 Å². The molecule has 1 aliphatic rings. The van der Waals surface area contributed by atoms with E-state index in [4.69, 9.17) is 4.74 Å². The van der Waals surface area contributed by atoms with Crippen molar-refractivity contribution in [1.82, 2.24) is 9.80 Å². The highest BCUT2D eigenvalue weighted by Gasteiger charge is 2.32. The Kier molecular flexibility index (Phi) is 5.86. The largest absolute Gasteiger partial charge is 0.445 e. The van der Waals surface area contributed by atoms with E-state index >= 15 is 0 Å². The van der Waals surface area contributed by atoms with Crippen LogP contribution in [0.1, 0.15) is 39.2 Å². The lowest BCUT2D eigenvalue weighted by molar-refractivity contribution is -0.140. The van der Waals surface area contributed by atoms with Gasteiger partial charge in [-0.2, -0.15) is 0 Å². The molecule has 132 valence electrons. The molecule has 0 radical (unpaired) electrons. The maximum atomic E-state index is 12.5. The number of benzene rings is 1. The van der Waals surface area contributed by atoms with Crippen LogP contribution in [0, 0.1) is 5.92 Å². The van der Waals surface area contributed by atoms with Crippen molar-refractivity contribution >= 4 is 12.0 Å². The van der Waals surface area contributed by atoms with Gasteiger partial charge >= 0.3 is 6.09 Å². The maximum Gasteiger partial charge on any atom is 0.410 e. The van der Waals surface area contributed by atoms with Crippen LogP contribution in [0.4, 0.5) is 4.79 Å². The molecular formula is C19H28N2O3. The van der Waals surface area contributed by atoms with Gasteiger partial charge in [0.05, 0.1) is 0 Å². The summed E-state index contributed by atoms with van der Waals surface area (Å²) in [6, 6.07) is 9.64. The lowest BCUT2D eigenvalue weighted by Gasteiger charge is -2.37. The van der Waals surface area contributed by atoms with Crippen LogP contribution in [-0.4, -0.2) is 47.5 Å². The molecule has 0 aliphatic carbocycles. The second-order valence-corrected chi connectivity index (χ2v) is 7.37. The molecule has 0 aromatic heterocycles. The third-order valence-corrected chi connectivity index (χ3v) is 4.64. The molecule has 0 atom stereocenters. The second-order valence-electron chi connectivity index (χ2n) is 7.37. The van der Waals surface area contributed by atoms with E-state index in [0.717, 1.165) is 5.56 Å². The molecular weight excluding hydrogens is 304 g/mol. The molecule has 1 saturated heterocycles. The van der Waals surface area contributed by atoms with E-state index in [0.29, 0.717) is 25.9 Å². The number of hydrogen-bond donors (Lipinski definition) is 0. The molecule has 5 heteroatoms. The van der Waals surface area contributed by atoms with Crippen LogP contribution in [0.2, 0.25) is 0 Å². The summed E-state index contributed by atoms with van der Waals surface area (Å²) in [7, 11) is 1.85. The zero-order valence-electron chi connectivity index (χ0n) is 15.1. The van der Waals surface area contributed by atoms with Crippen molar-refractivity contribution in [2.45, 2.75) is 45.8 Å². The number of amides is 2. The molecule has 0 N–H and O–H groups in total. The number of nitrogens with zero attached hydrogens (tertiary/aromatic N) is 2. The molecule has 0 bridgehead atoms. The van der Waals surface area contributed by atoms with Gasteiger partial charge in [-0.15, -0.1) is 0 Å². The predicted octanol–water partition coefficient (Wildman–Crippen LogP) is 3.29. The first kappa shape index (κ1) is 18.3. The summed E-state index contributed by atoms with van der Waals surface area (Å²) in [5.41, 5.74) is 0.797. The van der Waals surface area contributed by atoms with Crippen LogP contribution >= 0.6 is 0 Å². The van der Waals surface area contributed by atoms with Crippen molar-refractivity contribution < 1.29 is 14.3 Å². The van der Waals surface area contributed by atoms with Gasteiger partial charge in [0.15, 0.2) is 0 Å². The van der Waals surface area contributed by atoms with Crippen molar-refractivity contribution in [3.05, 3.63) is 35.9 Å². The molecule has 1 fully saturated rings. The normalized spacial score (nSPS) is 15.9. The Hall–Kier alpha value is -2.04. The van der Waals surface area contributed by atoms with E-state index in [9.17, 15) is 9.59 Å². The number of likely N-dealkylation sites (tertiary alicyclic amines) is 1.